The lowest BCUT2D eigenvalue weighted by molar-refractivity contribution is -0.123. The van der Waals surface area contributed by atoms with E-state index < -0.39 is 17.9 Å². The Labute approximate surface area is 211 Å². The number of aryl methyl sites for hydroxylation is 1. The molecule has 1 aliphatic carbocycles. The van der Waals surface area contributed by atoms with E-state index in [2.05, 4.69) is 10.3 Å². The zero-order chi connectivity index (χ0) is 25.5. The fourth-order valence-corrected chi connectivity index (χ4v) is 4.69. The van der Waals surface area contributed by atoms with E-state index >= 15 is 0 Å². The van der Waals surface area contributed by atoms with Crippen LogP contribution in [0.25, 0.3) is 0 Å². The highest BCUT2D eigenvalue weighted by Gasteiger charge is 2.36. The summed E-state index contributed by atoms with van der Waals surface area (Å²) in [5.41, 5.74) is 2.67. The molecular formula is C29H31N3O4. The topological polar surface area (TPSA) is 88.6 Å². The summed E-state index contributed by atoms with van der Waals surface area (Å²) in [5, 5.41) is 3.21. The van der Waals surface area contributed by atoms with Gasteiger partial charge in [0.2, 0.25) is 5.91 Å². The van der Waals surface area contributed by atoms with Crippen molar-refractivity contribution >= 4 is 23.5 Å². The number of hydrogen-bond donors (Lipinski definition) is 1. The van der Waals surface area contributed by atoms with E-state index in [4.69, 9.17) is 4.74 Å². The standard InChI is InChI=1S/C29H31N3O4/c1-20-10-6-7-13-24(20)26(27(33)31-22-11-4-3-5-12-22)32(28(34)25-14-8-9-19-30-25)23-17-15-21(16-18-23)29(35)36-2/h6-10,13-19,22,26H,3-5,11-12H2,1-2H3,(H,31,33). The van der Waals surface area contributed by atoms with Gasteiger partial charge in [0.25, 0.3) is 5.91 Å². The van der Waals surface area contributed by atoms with E-state index in [-0.39, 0.29) is 17.6 Å². The smallest absolute Gasteiger partial charge is 0.337 e. The lowest BCUT2D eigenvalue weighted by Gasteiger charge is -2.34. The summed E-state index contributed by atoms with van der Waals surface area (Å²) in [5.74, 6) is -1.12. The number of anilines is 1. The Hall–Kier alpha value is -4.00. The maximum absolute atomic E-state index is 13.9. The van der Waals surface area contributed by atoms with E-state index in [0.717, 1.165) is 36.8 Å². The van der Waals surface area contributed by atoms with Crippen LogP contribution in [-0.2, 0) is 9.53 Å². The molecule has 3 aromatic rings. The molecule has 0 spiro atoms. The molecule has 0 bridgehead atoms. The molecule has 2 amide bonds. The second-order valence-corrected chi connectivity index (χ2v) is 9.03. The van der Waals surface area contributed by atoms with Crippen molar-refractivity contribution in [2.75, 3.05) is 12.0 Å². The summed E-state index contributed by atoms with van der Waals surface area (Å²) < 4.78 is 4.82. The summed E-state index contributed by atoms with van der Waals surface area (Å²) in [6.07, 6.45) is 6.72. The van der Waals surface area contributed by atoms with Crippen LogP contribution in [0.5, 0.6) is 0 Å². The number of aromatic nitrogens is 1. The molecule has 36 heavy (non-hydrogen) atoms. The molecule has 1 unspecified atom stereocenters. The number of ether oxygens (including phenoxy) is 1. The van der Waals surface area contributed by atoms with Gasteiger partial charge in [-0.1, -0.05) is 49.6 Å². The second kappa shape index (κ2) is 11.6. The molecule has 1 fully saturated rings. The summed E-state index contributed by atoms with van der Waals surface area (Å²) in [6.45, 7) is 1.93. The molecule has 2 aromatic carbocycles. The maximum atomic E-state index is 13.9. The van der Waals surface area contributed by atoms with Crippen LogP contribution in [0, 0.1) is 6.92 Å². The van der Waals surface area contributed by atoms with Crippen molar-refractivity contribution in [1.29, 1.82) is 0 Å². The minimum atomic E-state index is -0.924. The number of hydrogen-bond acceptors (Lipinski definition) is 5. The predicted molar refractivity (Wildman–Crippen MR) is 138 cm³/mol. The molecule has 1 N–H and O–H groups in total. The second-order valence-electron chi connectivity index (χ2n) is 9.03. The van der Waals surface area contributed by atoms with Gasteiger partial charge in [0.1, 0.15) is 11.7 Å². The first-order valence-electron chi connectivity index (χ1n) is 12.3. The Balaban J connectivity index is 1.82. The fourth-order valence-electron chi connectivity index (χ4n) is 4.69. The van der Waals surface area contributed by atoms with E-state index in [1.807, 2.05) is 31.2 Å². The van der Waals surface area contributed by atoms with Gasteiger partial charge in [-0.05, 0) is 67.3 Å². The van der Waals surface area contributed by atoms with Crippen LogP contribution in [0.3, 0.4) is 0 Å². The molecule has 7 nitrogen and oxygen atoms in total. The van der Waals surface area contributed by atoms with Gasteiger partial charge in [-0.3, -0.25) is 19.5 Å². The van der Waals surface area contributed by atoms with Crippen LogP contribution in [-0.4, -0.2) is 35.9 Å². The highest BCUT2D eigenvalue weighted by Crippen LogP contribution is 2.32. The van der Waals surface area contributed by atoms with Crippen molar-refractivity contribution in [2.24, 2.45) is 0 Å². The van der Waals surface area contributed by atoms with Crippen molar-refractivity contribution in [3.05, 3.63) is 95.3 Å². The largest absolute Gasteiger partial charge is 0.465 e. The Kier molecular flexibility index (Phi) is 8.10. The SMILES string of the molecule is COC(=O)c1ccc(N(C(=O)c2ccccn2)C(C(=O)NC2CCCCC2)c2ccccc2C)cc1. The predicted octanol–water partition coefficient (Wildman–Crippen LogP) is 5.01. The highest BCUT2D eigenvalue weighted by atomic mass is 16.5. The van der Waals surface area contributed by atoms with Crippen LogP contribution in [0.15, 0.2) is 72.9 Å². The monoisotopic (exact) mass is 485 g/mol. The Morgan fingerprint density at radius 2 is 1.64 bits per heavy atom. The zero-order valence-corrected chi connectivity index (χ0v) is 20.6. The van der Waals surface area contributed by atoms with Crippen molar-refractivity contribution in [3.8, 4) is 0 Å². The van der Waals surface area contributed by atoms with Crippen molar-refractivity contribution in [3.63, 3.8) is 0 Å². The molecule has 186 valence electrons. The van der Waals surface area contributed by atoms with E-state index in [9.17, 15) is 14.4 Å². The van der Waals surface area contributed by atoms with Gasteiger partial charge in [-0.15, -0.1) is 0 Å². The summed E-state index contributed by atoms with van der Waals surface area (Å²) in [4.78, 5) is 45.6. The number of benzene rings is 2. The van der Waals surface area contributed by atoms with Crippen LogP contribution in [0.4, 0.5) is 5.69 Å². The molecule has 4 rings (SSSR count). The van der Waals surface area contributed by atoms with E-state index in [0.29, 0.717) is 11.3 Å². The number of nitrogens with zero attached hydrogens (tertiary/aromatic N) is 2. The molecule has 0 radical (unpaired) electrons. The van der Waals surface area contributed by atoms with Crippen molar-refractivity contribution in [2.45, 2.75) is 51.1 Å². The number of carbonyl (C=O) groups excluding carboxylic acids is 3. The third kappa shape index (κ3) is 5.62. The summed E-state index contributed by atoms with van der Waals surface area (Å²) >= 11 is 0. The lowest BCUT2D eigenvalue weighted by Crippen LogP contribution is -2.47. The zero-order valence-electron chi connectivity index (χ0n) is 20.6. The number of nitrogens with one attached hydrogen (secondary N) is 1. The van der Waals surface area contributed by atoms with Crippen LogP contribution in [0.1, 0.15) is 70.1 Å². The first kappa shape index (κ1) is 25.1. The van der Waals surface area contributed by atoms with Crippen LogP contribution >= 0.6 is 0 Å². The number of rotatable bonds is 7. The molecule has 1 saturated carbocycles. The maximum Gasteiger partial charge on any atom is 0.337 e. The number of esters is 1. The van der Waals surface area contributed by atoms with Gasteiger partial charge >= 0.3 is 5.97 Å². The Morgan fingerprint density at radius 1 is 0.944 bits per heavy atom. The summed E-state index contributed by atoms with van der Waals surface area (Å²) in [6, 6.07) is 18.3. The molecule has 0 aliphatic heterocycles. The molecule has 1 aromatic heterocycles. The molecule has 7 heteroatoms. The van der Waals surface area contributed by atoms with E-state index in [1.54, 1.807) is 48.7 Å². The molecular weight excluding hydrogens is 454 g/mol. The first-order valence-corrected chi connectivity index (χ1v) is 12.3. The minimum absolute atomic E-state index is 0.0753. The average molecular weight is 486 g/mol. The fraction of sp³-hybridized carbons (Fsp3) is 0.310. The first-order chi connectivity index (χ1) is 17.5. The summed E-state index contributed by atoms with van der Waals surface area (Å²) in [7, 11) is 1.32. The van der Waals surface area contributed by atoms with Gasteiger partial charge in [-0.2, -0.15) is 0 Å². The normalized spacial score (nSPS) is 14.5. The number of amides is 2. The lowest BCUT2D eigenvalue weighted by atomic mass is 9.93. The van der Waals surface area contributed by atoms with Gasteiger partial charge in [0.05, 0.1) is 12.7 Å². The van der Waals surface area contributed by atoms with Gasteiger partial charge in [-0.25, -0.2) is 4.79 Å². The van der Waals surface area contributed by atoms with Gasteiger partial charge in [0.15, 0.2) is 0 Å². The van der Waals surface area contributed by atoms with E-state index in [1.165, 1.54) is 18.4 Å². The Morgan fingerprint density at radius 3 is 2.28 bits per heavy atom. The third-order valence-electron chi connectivity index (χ3n) is 6.61. The van der Waals surface area contributed by atoms with Gasteiger partial charge in [0, 0.05) is 17.9 Å². The number of carbonyl (C=O) groups is 3. The molecule has 1 aliphatic rings. The average Bonchev–Trinajstić information content (AvgIpc) is 2.92. The minimum Gasteiger partial charge on any atom is -0.465 e. The molecule has 0 saturated heterocycles. The van der Waals surface area contributed by atoms with Crippen molar-refractivity contribution in [1.82, 2.24) is 10.3 Å². The van der Waals surface area contributed by atoms with Crippen LogP contribution < -0.4 is 10.2 Å². The van der Waals surface area contributed by atoms with Crippen LogP contribution in [0.2, 0.25) is 0 Å². The quantitative estimate of drug-likeness (QED) is 0.475. The highest BCUT2D eigenvalue weighted by molar-refractivity contribution is 6.09. The number of pyridine rings is 1. The third-order valence-corrected chi connectivity index (χ3v) is 6.61. The number of methoxy groups -OCH3 is 1. The molecule has 1 heterocycles. The molecule has 1 atom stereocenters. The van der Waals surface area contributed by atoms with Crippen molar-refractivity contribution < 1.29 is 19.1 Å². The van der Waals surface area contributed by atoms with Gasteiger partial charge < -0.3 is 10.1 Å². The Bertz CT molecular complexity index is 1200.